The number of hydrogen-bond donors (Lipinski definition) is 2. The van der Waals surface area contributed by atoms with Crippen molar-refractivity contribution in [1.29, 1.82) is 0 Å². The van der Waals surface area contributed by atoms with Crippen LogP contribution in [0.15, 0.2) is 58.8 Å². The van der Waals surface area contributed by atoms with E-state index in [2.05, 4.69) is 15.0 Å². The number of anilines is 1. The van der Waals surface area contributed by atoms with Crippen molar-refractivity contribution >= 4 is 28.7 Å². The molecule has 3 N–H and O–H groups in total. The molecule has 0 aliphatic carbocycles. The molecule has 4 aromatic rings. The number of methoxy groups -OCH3 is 2. The molecule has 0 radical (unpaired) electrons. The number of nitrogens with one attached hydrogen (secondary N) is 1. The molecule has 0 saturated heterocycles. The number of nitrogens with two attached hydrogens (primary N) is 1. The molecule has 2 heterocycles. The Kier molecular flexibility index (Phi) is 6.32. The number of H-pyrrole nitrogens is 1. The van der Waals surface area contributed by atoms with Crippen molar-refractivity contribution in [3.05, 3.63) is 59.9 Å². The number of nitrogen functional groups attached to an aromatic ring is 1. The number of halogens is 3. The highest BCUT2D eigenvalue weighted by atomic mass is 32.2. The lowest BCUT2D eigenvalue weighted by Crippen LogP contribution is -2.37. The minimum Gasteiger partial charge on any atom is -0.497 e. The normalized spacial score (nSPS) is 11.7. The minimum absolute atomic E-state index is 0.153. The summed E-state index contributed by atoms with van der Waals surface area (Å²) >= 11 is 1.31. The molecule has 7 nitrogen and oxygen atoms in total. The third kappa shape index (κ3) is 4.82. The lowest BCUT2D eigenvalue weighted by molar-refractivity contribution is -0.675. The summed E-state index contributed by atoms with van der Waals surface area (Å²) < 4.78 is 52.4. The maximum absolute atomic E-state index is 13.3. The van der Waals surface area contributed by atoms with Crippen LogP contribution in [0, 0.1) is 0 Å². The monoisotopic (exact) mass is 476 g/mol. The number of ether oxygens (including phenoxy) is 2. The lowest BCUT2D eigenvalue weighted by atomic mass is 10.0. The number of nitrogens with zero attached hydrogens (tertiary/aromatic N) is 3. The molecular formula is C22H21F3N5O2S+. The average Bonchev–Trinajstić information content (AvgIpc) is 3.23. The molecule has 2 aromatic carbocycles. The summed E-state index contributed by atoms with van der Waals surface area (Å²) in [6, 6.07) is 10.9. The third-order valence-electron chi connectivity index (χ3n) is 5.05. The first kappa shape index (κ1) is 22.7. The Morgan fingerprint density at radius 2 is 1.91 bits per heavy atom. The Bertz CT molecular complexity index is 1290. The van der Waals surface area contributed by atoms with Gasteiger partial charge in [-0.2, -0.15) is 13.2 Å². The molecule has 0 aliphatic rings. The van der Waals surface area contributed by atoms with E-state index in [-0.39, 0.29) is 24.3 Å². The summed E-state index contributed by atoms with van der Waals surface area (Å²) in [4.78, 5) is 12.7. The predicted molar refractivity (Wildman–Crippen MR) is 117 cm³/mol. The van der Waals surface area contributed by atoms with Gasteiger partial charge in [-0.3, -0.25) is 0 Å². The second-order valence-corrected chi connectivity index (χ2v) is 8.12. The quantitative estimate of drug-likeness (QED) is 0.388. The predicted octanol–water partition coefficient (Wildman–Crippen LogP) is 4.26. The first-order chi connectivity index (χ1) is 15.8. The standard InChI is InChI=1S/C22H20F3N5O2S/c1-31-14-7-8-16(32-2)17(11-14)33-21-28-18-19(26)27-12-30(20(18)29-21)10-9-13-5-3-4-6-15(13)22(23,24)25/h3-8,11-12H,9-10H2,1-2H3,(H2,26,28,29)/p+1. The number of fused-ring (bicyclic) bond motifs is 1. The topological polar surface area (TPSA) is 89.9 Å². The van der Waals surface area contributed by atoms with Crippen molar-refractivity contribution in [1.82, 2.24) is 15.0 Å². The highest BCUT2D eigenvalue weighted by molar-refractivity contribution is 7.99. The summed E-state index contributed by atoms with van der Waals surface area (Å²) in [6.45, 7) is 0.244. The number of rotatable bonds is 7. The van der Waals surface area contributed by atoms with Gasteiger partial charge in [0.2, 0.25) is 17.3 Å². The first-order valence-electron chi connectivity index (χ1n) is 9.88. The molecule has 0 fully saturated rings. The second kappa shape index (κ2) is 9.18. The highest BCUT2D eigenvalue weighted by Crippen LogP contribution is 2.37. The zero-order valence-electron chi connectivity index (χ0n) is 17.8. The molecule has 0 atom stereocenters. The summed E-state index contributed by atoms with van der Waals surface area (Å²) in [5, 5.41) is 0.528. The second-order valence-electron chi connectivity index (χ2n) is 7.09. The molecule has 0 bridgehead atoms. The maximum Gasteiger partial charge on any atom is 0.416 e. The summed E-state index contributed by atoms with van der Waals surface area (Å²) in [5.74, 6) is 1.55. The van der Waals surface area contributed by atoms with Crippen LogP contribution in [0.4, 0.5) is 19.0 Å². The van der Waals surface area contributed by atoms with Gasteiger partial charge in [-0.25, -0.2) is 4.57 Å². The summed E-state index contributed by atoms with van der Waals surface area (Å²) in [6.07, 6.45) is -2.78. The van der Waals surface area contributed by atoms with Gasteiger partial charge in [0.05, 0.1) is 31.2 Å². The molecular weight excluding hydrogens is 455 g/mol. The van der Waals surface area contributed by atoms with Gasteiger partial charge < -0.3 is 20.2 Å². The maximum atomic E-state index is 13.3. The van der Waals surface area contributed by atoms with Gasteiger partial charge in [0.25, 0.3) is 5.65 Å². The zero-order valence-corrected chi connectivity index (χ0v) is 18.6. The number of aryl methyl sites for hydroxylation is 2. The number of aromatic nitrogens is 4. The van der Waals surface area contributed by atoms with Gasteiger partial charge in [0.15, 0.2) is 5.52 Å². The summed E-state index contributed by atoms with van der Waals surface area (Å²) in [7, 11) is 3.14. The highest BCUT2D eigenvalue weighted by Gasteiger charge is 2.33. The molecule has 0 unspecified atom stereocenters. The van der Waals surface area contributed by atoms with Crippen LogP contribution < -0.4 is 19.8 Å². The fraction of sp³-hybridized carbons (Fsp3) is 0.227. The number of benzene rings is 2. The van der Waals surface area contributed by atoms with Crippen LogP contribution in [0.2, 0.25) is 0 Å². The van der Waals surface area contributed by atoms with E-state index in [4.69, 9.17) is 15.2 Å². The van der Waals surface area contributed by atoms with Crippen molar-refractivity contribution in [2.24, 2.45) is 0 Å². The minimum atomic E-state index is -4.41. The fourth-order valence-corrected chi connectivity index (χ4v) is 4.34. The Morgan fingerprint density at radius 3 is 2.64 bits per heavy atom. The van der Waals surface area contributed by atoms with E-state index < -0.39 is 11.7 Å². The van der Waals surface area contributed by atoms with Crippen LogP contribution in [0.1, 0.15) is 11.1 Å². The Morgan fingerprint density at radius 1 is 1.12 bits per heavy atom. The van der Waals surface area contributed by atoms with E-state index in [0.29, 0.717) is 27.8 Å². The molecule has 0 spiro atoms. The van der Waals surface area contributed by atoms with Gasteiger partial charge in [0.1, 0.15) is 11.5 Å². The Balaban J connectivity index is 1.65. The van der Waals surface area contributed by atoms with Crippen LogP contribution in [0.25, 0.3) is 11.2 Å². The van der Waals surface area contributed by atoms with E-state index in [0.717, 1.165) is 11.0 Å². The van der Waals surface area contributed by atoms with Gasteiger partial charge in [0, 0.05) is 6.42 Å². The van der Waals surface area contributed by atoms with Crippen LogP contribution in [0.3, 0.4) is 0 Å². The SMILES string of the molecule is COc1ccc(OC)c(Sc2nc3c([nH]2)c(N)nc[n+]3CCc2ccccc2C(F)(F)F)c1. The van der Waals surface area contributed by atoms with E-state index in [1.165, 1.54) is 30.2 Å². The molecule has 0 aliphatic heterocycles. The molecule has 172 valence electrons. The molecule has 2 aromatic heterocycles. The Labute approximate surface area is 191 Å². The number of alkyl halides is 3. The van der Waals surface area contributed by atoms with Crippen LogP contribution in [-0.2, 0) is 19.1 Å². The van der Waals surface area contributed by atoms with Crippen LogP contribution >= 0.6 is 11.8 Å². The van der Waals surface area contributed by atoms with Crippen molar-refractivity contribution < 1.29 is 27.2 Å². The lowest BCUT2D eigenvalue weighted by Gasteiger charge is -2.12. The van der Waals surface area contributed by atoms with Gasteiger partial charge in [-0.1, -0.05) is 28.2 Å². The van der Waals surface area contributed by atoms with Gasteiger partial charge in [-0.05, 0) is 41.6 Å². The third-order valence-corrected chi connectivity index (χ3v) is 5.98. The van der Waals surface area contributed by atoms with E-state index in [1.54, 1.807) is 37.0 Å². The molecule has 0 saturated carbocycles. The van der Waals surface area contributed by atoms with Crippen molar-refractivity contribution in [2.75, 3.05) is 20.0 Å². The number of aromatic amines is 1. The molecule has 11 heteroatoms. The van der Waals surface area contributed by atoms with Crippen molar-refractivity contribution in [2.45, 2.75) is 29.2 Å². The van der Waals surface area contributed by atoms with E-state index in [1.807, 2.05) is 6.07 Å². The molecule has 4 rings (SSSR count). The molecule has 0 amide bonds. The van der Waals surface area contributed by atoms with Crippen molar-refractivity contribution in [3.8, 4) is 11.5 Å². The number of hydrogen-bond acceptors (Lipinski definition) is 6. The van der Waals surface area contributed by atoms with Crippen LogP contribution in [0.5, 0.6) is 11.5 Å². The smallest absolute Gasteiger partial charge is 0.416 e. The number of imidazole rings is 1. The summed E-state index contributed by atoms with van der Waals surface area (Å²) in [5.41, 5.74) is 6.58. The largest absolute Gasteiger partial charge is 0.497 e. The first-order valence-corrected chi connectivity index (χ1v) is 10.7. The van der Waals surface area contributed by atoms with E-state index in [9.17, 15) is 13.2 Å². The van der Waals surface area contributed by atoms with Gasteiger partial charge >= 0.3 is 6.18 Å². The van der Waals surface area contributed by atoms with Crippen molar-refractivity contribution in [3.63, 3.8) is 0 Å². The zero-order chi connectivity index (χ0) is 23.6. The van der Waals surface area contributed by atoms with E-state index >= 15 is 0 Å². The fourth-order valence-electron chi connectivity index (χ4n) is 3.42. The molecule has 33 heavy (non-hydrogen) atoms. The van der Waals surface area contributed by atoms with Crippen LogP contribution in [-0.4, -0.2) is 29.2 Å². The Hall–Kier alpha value is -3.47. The average molecular weight is 477 g/mol. The van der Waals surface area contributed by atoms with Gasteiger partial charge in [-0.15, -0.1) is 0 Å².